The van der Waals surface area contributed by atoms with Gasteiger partial charge in [-0.25, -0.2) is 0 Å². The van der Waals surface area contributed by atoms with Crippen molar-refractivity contribution in [3.63, 3.8) is 0 Å². The number of hydrogen-bond acceptors (Lipinski definition) is 4. The van der Waals surface area contributed by atoms with E-state index in [1.165, 1.54) is 0 Å². The minimum absolute atomic E-state index is 0.0112. The van der Waals surface area contributed by atoms with Gasteiger partial charge in [0.15, 0.2) is 8.32 Å². The van der Waals surface area contributed by atoms with Crippen LogP contribution in [0.25, 0.3) is 0 Å². The summed E-state index contributed by atoms with van der Waals surface area (Å²) in [6.45, 7) is 6.26. The Morgan fingerprint density at radius 2 is 2.00 bits per heavy atom. The lowest BCUT2D eigenvalue weighted by molar-refractivity contribution is 0.173. The molecule has 1 aliphatic heterocycles. The third-order valence-corrected chi connectivity index (χ3v) is 3.66. The summed E-state index contributed by atoms with van der Waals surface area (Å²) in [7, 11) is -4.90. The van der Waals surface area contributed by atoms with Crippen LogP contribution in [0, 0.1) is 0 Å². The molecule has 6 heteroatoms. The molecule has 0 aromatic rings. The van der Waals surface area contributed by atoms with Gasteiger partial charge in [-0.1, -0.05) is 0 Å². The molecule has 1 saturated heterocycles. The normalized spacial score (nSPS) is 29.1. The molecule has 0 aromatic heterocycles. The molecule has 1 heterocycles. The predicted octanol–water partition coefficient (Wildman–Crippen LogP) is 0.567. The SMILES string of the molecule is C[Si](C)(C)O[C@H]1COS(=O)(=O)C1. The van der Waals surface area contributed by atoms with E-state index in [9.17, 15) is 8.42 Å². The van der Waals surface area contributed by atoms with Crippen LogP contribution in [0.1, 0.15) is 0 Å². The lowest BCUT2D eigenvalue weighted by Crippen LogP contribution is -2.33. The van der Waals surface area contributed by atoms with Crippen LogP contribution in [-0.4, -0.2) is 35.2 Å². The summed E-state index contributed by atoms with van der Waals surface area (Å²) in [6.07, 6.45) is -0.248. The Hall–Kier alpha value is 0.0869. The first-order chi connectivity index (χ1) is 5.29. The number of hydrogen-bond donors (Lipinski definition) is 0. The Balaban J connectivity index is 2.49. The molecule has 0 radical (unpaired) electrons. The van der Waals surface area contributed by atoms with E-state index in [-0.39, 0.29) is 18.5 Å². The second-order valence-corrected chi connectivity index (χ2v) is 10.0. The van der Waals surface area contributed by atoms with Crippen molar-refractivity contribution in [3.8, 4) is 0 Å². The van der Waals surface area contributed by atoms with Gasteiger partial charge in [0, 0.05) is 0 Å². The van der Waals surface area contributed by atoms with Crippen molar-refractivity contribution in [2.24, 2.45) is 0 Å². The molecule has 1 aliphatic rings. The molecule has 1 fully saturated rings. The van der Waals surface area contributed by atoms with E-state index in [4.69, 9.17) is 4.43 Å². The van der Waals surface area contributed by atoms with Gasteiger partial charge in [0.25, 0.3) is 10.1 Å². The highest BCUT2D eigenvalue weighted by molar-refractivity contribution is 7.87. The molecule has 72 valence electrons. The quantitative estimate of drug-likeness (QED) is 0.494. The fourth-order valence-corrected chi connectivity index (χ4v) is 3.42. The second-order valence-electron chi connectivity index (χ2n) is 3.86. The maximum absolute atomic E-state index is 10.8. The van der Waals surface area contributed by atoms with E-state index in [2.05, 4.69) is 4.18 Å². The molecule has 0 aliphatic carbocycles. The van der Waals surface area contributed by atoms with Crippen molar-refractivity contribution < 1.29 is 17.0 Å². The van der Waals surface area contributed by atoms with Crippen LogP contribution in [0.3, 0.4) is 0 Å². The van der Waals surface area contributed by atoms with E-state index in [1.807, 2.05) is 19.6 Å². The van der Waals surface area contributed by atoms with E-state index in [0.717, 1.165) is 0 Å². The molecular formula is C6H14O4SSi. The molecule has 0 aromatic carbocycles. The molecular weight excluding hydrogens is 196 g/mol. The van der Waals surface area contributed by atoms with Crippen LogP contribution in [0.5, 0.6) is 0 Å². The Labute approximate surface area is 74.1 Å². The van der Waals surface area contributed by atoms with Gasteiger partial charge < -0.3 is 4.43 Å². The third-order valence-electron chi connectivity index (χ3n) is 1.34. The van der Waals surface area contributed by atoms with Crippen LogP contribution >= 0.6 is 0 Å². The maximum Gasteiger partial charge on any atom is 0.270 e. The van der Waals surface area contributed by atoms with E-state index in [1.54, 1.807) is 0 Å². The standard InChI is InChI=1S/C6H14O4SSi/c1-12(2,3)10-6-4-9-11(7,8)5-6/h6H,4-5H2,1-3H3/t6-/m0/s1. The summed E-state index contributed by atoms with van der Waals surface area (Å²) in [5, 5.41) is 0. The van der Waals surface area contributed by atoms with Gasteiger partial charge in [-0.2, -0.15) is 8.42 Å². The first-order valence-corrected chi connectivity index (χ1v) is 8.82. The molecule has 0 spiro atoms. The highest BCUT2D eigenvalue weighted by Gasteiger charge is 2.32. The molecule has 1 atom stereocenters. The van der Waals surface area contributed by atoms with E-state index < -0.39 is 18.4 Å². The predicted molar refractivity (Wildman–Crippen MR) is 48.0 cm³/mol. The Morgan fingerprint density at radius 3 is 2.33 bits per heavy atom. The highest BCUT2D eigenvalue weighted by Crippen LogP contribution is 2.16. The first kappa shape index (κ1) is 10.2. The minimum Gasteiger partial charge on any atom is -0.411 e. The van der Waals surface area contributed by atoms with E-state index in [0.29, 0.717) is 0 Å². The zero-order valence-corrected chi connectivity index (χ0v) is 9.35. The fourth-order valence-electron chi connectivity index (χ4n) is 1.07. The smallest absolute Gasteiger partial charge is 0.270 e. The second kappa shape index (κ2) is 3.10. The summed E-state index contributed by atoms with van der Waals surface area (Å²) < 4.78 is 31.8. The lowest BCUT2D eigenvalue weighted by Gasteiger charge is -2.20. The Bertz CT molecular complexity index is 253. The monoisotopic (exact) mass is 210 g/mol. The summed E-state index contributed by atoms with van der Waals surface area (Å²) >= 11 is 0. The number of rotatable bonds is 2. The van der Waals surface area contributed by atoms with Gasteiger partial charge in [-0.3, -0.25) is 4.18 Å². The topological polar surface area (TPSA) is 52.6 Å². The van der Waals surface area contributed by atoms with Crippen molar-refractivity contribution >= 4 is 18.4 Å². The summed E-state index contributed by atoms with van der Waals surface area (Å²) in [5.41, 5.74) is 0. The first-order valence-electron chi connectivity index (χ1n) is 3.83. The summed E-state index contributed by atoms with van der Waals surface area (Å²) in [4.78, 5) is 0. The molecule has 0 saturated carbocycles. The molecule has 12 heavy (non-hydrogen) atoms. The maximum atomic E-state index is 10.8. The zero-order valence-electron chi connectivity index (χ0n) is 7.53. The van der Waals surface area contributed by atoms with Crippen LogP contribution in [0.4, 0.5) is 0 Å². The van der Waals surface area contributed by atoms with Crippen LogP contribution in [-0.2, 0) is 18.7 Å². The van der Waals surface area contributed by atoms with Gasteiger partial charge in [-0.05, 0) is 19.6 Å². The van der Waals surface area contributed by atoms with Crippen molar-refractivity contribution in [1.29, 1.82) is 0 Å². The van der Waals surface area contributed by atoms with Gasteiger partial charge in [0.1, 0.15) is 5.75 Å². The van der Waals surface area contributed by atoms with Crippen LogP contribution in [0.2, 0.25) is 19.6 Å². The highest BCUT2D eigenvalue weighted by atomic mass is 32.2. The van der Waals surface area contributed by atoms with Gasteiger partial charge in [-0.15, -0.1) is 0 Å². The Morgan fingerprint density at radius 1 is 1.42 bits per heavy atom. The zero-order chi connectivity index (χ0) is 9.41. The minimum atomic E-state index is -3.27. The Kier molecular flexibility index (Phi) is 2.62. The van der Waals surface area contributed by atoms with Crippen molar-refractivity contribution in [2.45, 2.75) is 25.7 Å². The third kappa shape index (κ3) is 3.22. The largest absolute Gasteiger partial charge is 0.411 e. The lowest BCUT2D eigenvalue weighted by atomic mass is 10.5. The van der Waals surface area contributed by atoms with Crippen molar-refractivity contribution in [1.82, 2.24) is 0 Å². The van der Waals surface area contributed by atoms with Gasteiger partial charge in [0.05, 0.1) is 12.7 Å². The summed E-state index contributed by atoms with van der Waals surface area (Å²) in [5.74, 6) is 0.0112. The fraction of sp³-hybridized carbons (Fsp3) is 1.00. The van der Waals surface area contributed by atoms with Gasteiger partial charge >= 0.3 is 0 Å². The molecule has 0 unspecified atom stereocenters. The average Bonchev–Trinajstić information content (AvgIpc) is 2.05. The van der Waals surface area contributed by atoms with Crippen molar-refractivity contribution in [2.75, 3.05) is 12.4 Å². The molecule has 0 amide bonds. The van der Waals surface area contributed by atoms with Crippen LogP contribution < -0.4 is 0 Å². The average molecular weight is 210 g/mol. The molecule has 4 nitrogen and oxygen atoms in total. The molecule has 1 rings (SSSR count). The molecule has 0 bridgehead atoms. The summed E-state index contributed by atoms with van der Waals surface area (Å²) in [6, 6.07) is 0. The molecule has 0 N–H and O–H groups in total. The van der Waals surface area contributed by atoms with E-state index >= 15 is 0 Å². The van der Waals surface area contributed by atoms with Gasteiger partial charge in [0.2, 0.25) is 0 Å². The van der Waals surface area contributed by atoms with Crippen molar-refractivity contribution in [3.05, 3.63) is 0 Å². The van der Waals surface area contributed by atoms with Crippen LogP contribution in [0.15, 0.2) is 0 Å².